The molecule has 0 unspecified atom stereocenters. The minimum absolute atomic E-state index is 0.0530. The Balaban J connectivity index is 2.09. The maximum Gasteiger partial charge on any atom is 0.344 e. The van der Waals surface area contributed by atoms with E-state index in [0.29, 0.717) is 11.1 Å². The van der Waals surface area contributed by atoms with Gasteiger partial charge in [-0.3, -0.25) is 9.59 Å². The predicted molar refractivity (Wildman–Crippen MR) is 149 cm³/mol. The van der Waals surface area contributed by atoms with Gasteiger partial charge >= 0.3 is 17.9 Å². The molecule has 1 fully saturated rings. The molecule has 3 rings (SSSR count). The Hall–Kier alpha value is -3.72. The summed E-state index contributed by atoms with van der Waals surface area (Å²) < 4.78 is 11.8. The average molecular weight is 553 g/mol. The molecule has 40 heavy (non-hydrogen) atoms. The third-order valence-corrected chi connectivity index (χ3v) is 6.91. The van der Waals surface area contributed by atoms with Gasteiger partial charge in [-0.1, -0.05) is 92.8 Å². The highest BCUT2D eigenvalue weighted by Gasteiger charge is 2.54. The van der Waals surface area contributed by atoms with Gasteiger partial charge in [0.15, 0.2) is 6.10 Å². The maximum atomic E-state index is 14.3. The van der Waals surface area contributed by atoms with Crippen LogP contribution in [0.1, 0.15) is 82.9 Å². The van der Waals surface area contributed by atoms with E-state index < -0.39 is 53.5 Å². The van der Waals surface area contributed by atoms with Crippen LogP contribution < -0.4 is 11.1 Å². The number of carboxylic acids is 1. The lowest BCUT2D eigenvalue weighted by molar-refractivity contribution is -0.178. The van der Waals surface area contributed by atoms with E-state index in [2.05, 4.69) is 5.32 Å². The molecule has 4 N–H and O–H groups in total. The number of carboxylic acid groups (broad SMARTS) is 1. The highest BCUT2D eigenvalue weighted by atomic mass is 16.6. The summed E-state index contributed by atoms with van der Waals surface area (Å²) in [6.45, 7) is 4.99. The number of rotatable bonds is 11. The maximum absolute atomic E-state index is 14.3. The summed E-state index contributed by atoms with van der Waals surface area (Å²) in [5.74, 6) is -4.26. The van der Waals surface area contributed by atoms with Gasteiger partial charge in [0.25, 0.3) is 0 Å². The molecule has 0 radical (unpaired) electrons. The lowest BCUT2D eigenvalue weighted by atomic mass is 9.78. The SMILES string of the molecule is CC(C)(C)OC(=O)[C@@](CC1CCCCC1)(NC(=O)[C@@H](N)CC(=O)O)C(=O)OC(c1ccccc1)c1ccccc1. The molecule has 0 saturated heterocycles. The Morgan fingerprint density at radius 1 is 0.900 bits per heavy atom. The Morgan fingerprint density at radius 3 is 1.90 bits per heavy atom. The molecule has 1 saturated carbocycles. The molecule has 2 aromatic carbocycles. The normalized spacial score (nSPS) is 16.4. The molecular formula is C31H40N2O7. The molecule has 0 heterocycles. The summed E-state index contributed by atoms with van der Waals surface area (Å²) in [7, 11) is 0. The third kappa shape index (κ3) is 8.39. The first-order valence-corrected chi connectivity index (χ1v) is 13.7. The fourth-order valence-corrected chi connectivity index (χ4v) is 4.97. The number of carbonyl (C=O) groups is 4. The van der Waals surface area contributed by atoms with Crippen LogP contribution in [0.2, 0.25) is 0 Å². The lowest BCUT2D eigenvalue weighted by Crippen LogP contribution is -2.65. The van der Waals surface area contributed by atoms with E-state index in [-0.39, 0.29) is 12.3 Å². The highest BCUT2D eigenvalue weighted by molar-refractivity contribution is 6.08. The average Bonchev–Trinajstić information content (AvgIpc) is 2.91. The molecule has 9 heteroatoms. The predicted octanol–water partition coefficient (Wildman–Crippen LogP) is 4.29. The molecule has 9 nitrogen and oxygen atoms in total. The molecule has 1 aliphatic carbocycles. The van der Waals surface area contributed by atoms with Crippen molar-refractivity contribution in [2.24, 2.45) is 11.7 Å². The summed E-state index contributed by atoms with van der Waals surface area (Å²) in [6.07, 6.45) is 2.80. The van der Waals surface area contributed by atoms with Crippen molar-refractivity contribution in [3.63, 3.8) is 0 Å². The smallest absolute Gasteiger partial charge is 0.344 e. The summed E-state index contributed by atoms with van der Waals surface area (Å²) in [6, 6.07) is 16.7. The second kappa shape index (κ2) is 13.6. The fraction of sp³-hybridized carbons (Fsp3) is 0.484. The van der Waals surface area contributed by atoms with Gasteiger partial charge in [-0.25, -0.2) is 9.59 Å². The van der Waals surface area contributed by atoms with E-state index >= 15 is 0 Å². The summed E-state index contributed by atoms with van der Waals surface area (Å²) in [5, 5.41) is 11.7. The Bertz CT molecular complexity index is 1120. The van der Waals surface area contributed by atoms with Crippen LogP contribution in [0.15, 0.2) is 60.7 Å². The van der Waals surface area contributed by atoms with Gasteiger partial charge < -0.3 is 25.6 Å². The molecule has 0 aliphatic heterocycles. The van der Waals surface area contributed by atoms with Crippen LogP contribution in [0.4, 0.5) is 0 Å². The van der Waals surface area contributed by atoms with Crippen LogP contribution >= 0.6 is 0 Å². The molecule has 1 amide bonds. The van der Waals surface area contributed by atoms with Crippen molar-refractivity contribution in [3.05, 3.63) is 71.8 Å². The Morgan fingerprint density at radius 2 is 1.43 bits per heavy atom. The van der Waals surface area contributed by atoms with Crippen molar-refractivity contribution in [1.82, 2.24) is 5.32 Å². The van der Waals surface area contributed by atoms with E-state index in [9.17, 15) is 24.3 Å². The zero-order valence-electron chi connectivity index (χ0n) is 23.4. The number of amides is 1. The van der Waals surface area contributed by atoms with Gasteiger partial charge in [0.05, 0.1) is 12.5 Å². The summed E-state index contributed by atoms with van der Waals surface area (Å²) in [5.41, 5.74) is 4.00. The number of benzene rings is 2. The minimum Gasteiger partial charge on any atom is -0.481 e. The first kappa shape index (κ1) is 30.8. The van der Waals surface area contributed by atoms with Gasteiger partial charge in [0.2, 0.25) is 11.4 Å². The van der Waals surface area contributed by atoms with Crippen LogP contribution in [0.25, 0.3) is 0 Å². The second-order valence-corrected chi connectivity index (χ2v) is 11.4. The lowest BCUT2D eigenvalue weighted by Gasteiger charge is -2.37. The van der Waals surface area contributed by atoms with E-state index in [0.717, 1.165) is 32.1 Å². The van der Waals surface area contributed by atoms with E-state index in [4.69, 9.17) is 15.2 Å². The molecular weight excluding hydrogens is 512 g/mol. The van der Waals surface area contributed by atoms with Crippen LogP contribution in [-0.2, 0) is 28.7 Å². The first-order chi connectivity index (χ1) is 18.9. The number of ether oxygens (including phenoxy) is 2. The van der Waals surface area contributed by atoms with E-state index in [1.165, 1.54) is 0 Å². The quantitative estimate of drug-likeness (QED) is 0.277. The van der Waals surface area contributed by atoms with Gasteiger partial charge in [-0.2, -0.15) is 0 Å². The zero-order chi connectivity index (χ0) is 29.3. The number of nitrogens with one attached hydrogen (secondary N) is 1. The molecule has 0 spiro atoms. The summed E-state index contributed by atoms with van der Waals surface area (Å²) in [4.78, 5) is 52.7. The first-order valence-electron chi connectivity index (χ1n) is 13.7. The van der Waals surface area contributed by atoms with Crippen LogP contribution in [0, 0.1) is 5.92 Å². The molecule has 2 aromatic rings. The van der Waals surface area contributed by atoms with Crippen molar-refractivity contribution in [2.45, 2.75) is 89.0 Å². The minimum atomic E-state index is -2.23. The number of nitrogens with two attached hydrogens (primary N) is 1. The van der Waals surface area contributed by atoms with Gasteiger partial charge in [0.1, 0.15) is 5.60 Å². The molecule has 0 bridgehead atoms. The van der Waals surface area contributed by atoms with Crippen LogP contribution in [0.5, 0.6) is 0 Å². The van der Waals surface area contributed by atoms with Crippen LogP contribution in [-0.4, -0.2) is 46.1 Å². The largest absolute Gasteiger partial charge is 0.481 e. The monoisotopic (exact) mass is 552 g/mol. The van der Waals surface area contributed by atoms with Gasteiger partial charge in [-0.15, -0.1) is 0 Å². The molecule has 0 aromatic heterocycles. The van der Waals surface area contributed by atoms with Gasteiger partial charge in [-0.05, 0) is 44.2 Å². The second-order valence-electron chi connectivity index (χ2n) is 11.4. The third-order valence-electron chi connectivity index (χ3n) is 6.91. The number of hydrogen-bond acceptors (Lipinski definition) is 7. The highest BCUT2D eigenvalue weighted by Crippen LogP contribution is 2.35. The number of hydrogen-bond donors (Lipinski definition) is 3. The molecule has 216 valence electrons. The topological polar surface area (TPSA) is 145 Å². The summed E-state index contributed by atoms with van der Waals surface area (Å²) >= 11 is 0. The van der Waals surface area contributed by atoms with E-state index in [1.54, 1.807) is 20.8 Å². The van der Waals surface area contributed by atoms with Crippen molar-refractivity contribution >= 4 is 23.8 Å². The number of carbonyl (C=O) groups excluding carboxylic acids is 3. The Kier molecular flexibility index (Phi) is 10.5. The Labute approximate surface area is 235 Å². The van der Waals surface area contributed by atoms with Crippen molar-refractivity contribution in [2.75, 3.05) is 0 Å². The van der Waals surface area contributed by atoms with Crippen molar-refractivity contribution in [1.29, 1.82) is 0 Å². The van der Waals surface area contributed by atoms with Crippen LogP contribution in [0.3, 0.4) is 0 Å². The zero-order valence-corrected chi connectivity index (χ0v) is 23.4. The number of aliphatic carboxylic acids is 1. The van der Waals surface area contributed by atoms with Crippen molar-refractivity contribution in [3.8, 4) is 0 Å². The van der Waals surface area contributed by atoms with E-state index in [1.807, 2.05) is 60.7 Å². The molecule has 1 aliphatic rings. The standard InChI is InChI=1S/C31H40N2O7/c1-30(2,3)40-29(38)31(20-21-13-7-4-8-14-21,33-27(36)24(32)19-25(34)35)28(37)39-26(22-15-9-5-10-16-22)23-17-11-6-12-18-23/h5-6,9-12,15-18,21,24,26H,4,7-8,13-14,19-20,32H2,1-3H3,(H,33,36)(H,34,35)/t24-,31-/m0/s1. The van der Waals surface area contributed by atoms with Gasteiger partial charge in [0, 0.05) is 0 Å². The van der Waals surface area contributed by atoms with Crippen molar-refractivity contribution < 1.29 is 33.8 Å². The number of esters is 2. The fourth-order valence-electron chi connectivity index (χ4n) is 4.97. The molecule has 2 atom stereocenters.